The number of aliphatic imine (C=N–C) groups is 1. The maximum Gasteiger partial charge on any atom is 0.242 e. The summed E-state index contributed by atoms with van der Waals surface area (Å²) in [4.78, 5) is 14.1. The summed E-state index contributed by atoms with van der Waals surface area (Å²) in [5.41, 5.74) is 15.1. The summed E-state index contributed by atoms with van der Waals surface area (Å²) in [6, 6.07) is -0.725. The average molecular weight is 172 g/mol. The van der Waals surface area contributed by atoms with E-state index in [1.165, 1.54) is 6.92 Å². The molecule has 1 unspecified atom stereocenters. The minimum absolute atomic E-state index is 0.103. The molecule has 0 heterocycles. The van der Waals surface area contributed by atoms with Crippen LogP contribution in [-0.4, -0.2) is 23.9 Å². The normalized spacial score (nSPS) is 13.6. The molecule has 0 rings (SSSR count). The number of nitrogens with one attached hydrogen (secondary N) is 2. The van der Waals surface area contributed by atoms with E-state index in [1.807, 2.05) is 0 Å². The van der Waals surface area contributed by atoms with Crippen LogP contribution in [0.2, 0.25) is 0 Å². The largest absolute Gasteiger partial charge is 0.370 e. The van der Waals surface area contributed by atoms with E-state index in [0.29, 0.717) is 0 Å². The van der Waals surface area contributed by atoms with Crippen LogP contribution in [0.4, 0.5) is 0 Å². The van der Waals surface area contributed by atoms with Crippen molar-refractivity contribution in [2.75, 3.05) is 0 Å². The number of carbonyl (C=O) groups excluding carboxylic acids is 1. The highest BCUT2D eigenvalue weighted by Gasteiger charge is 2.06. The Morgan fingerprint density at radius 2 is 2.00 bits per heavy atom. The van der Waals surface area contributed by atoms with E-state index < -0.39 is 11.9 Å². The molecule has 1 amide bonds. The van der Waals surface area contributed by atoms with E-state index in [1.54, 1.807) is 0 Å². The molecule has 0 aromatic carbocycles. The summed E-state index contributed by atoms with van der Waals surface area (Å²) in [6.07, 6.45) is 0. The first-order valence-electron chi connectivity index (χ1n) is 3.17. The van der Waals surface area contributed by atoms with Crippen molar-refractivity contribution in [3.05, 3.63) is 0 Å². The van der Waals surface area contributed by atoms with Crippen LogP contribution in [0.3, 0.4) is 0 Å². The summed E-state index contributed by atoms with van der Waals surface area (Å²) in [7, 11) is 0. The number of hydrogen-bond acceptors (Lipinski definition) is 3. The number of nitrogens with zero attached hydrogens (tertiary/aromatic N) is 1. The number of carbonyl (C=O) groups is 1. The number of primary amides is 1. The van der Waals surface area contributed by atoms with Gasteiger partial charge in [-0.3, -0.25) is 15.5 Å². The molecule has 0 aliphatic carbocycles. The summed E-state index contributed by atoms with van der Waals surface area (Å²) >= 11 is 0. The lowest BCUT2D eigenvalue weighted by atomic mass is 10.3. The number of nitrogens with two attached hydrogens (primary N) is 3. The van der Waals surface area contributed by atoms with Crippen molar-refractivity contribution < 1.29 is 4.79 Å². The molecule has 0 bridgehead atoms. The van der Waals surface area contributed by atoms with E-state index in [4.69, 9.17) is 22.6 Å². The molecule has 7 nitrogen and oxygen atoms in total. The molecule has 0 fully saturated rings. The number of rotatable bonds is 2. The Morgan fingerprint density at radius 3 is 2.33 bits per heavy atom. The molecule has 0 saturated heterocycles. The van der Waals surface area contributed by atoms with Crippen molar-refractivity contribution in [3.63, 3.8) is 0 Å². The molecule has 12 heavy (non-hydrogen) atoms. The van der Waals surface area contributed by atoms with Gasteiger partial charge < -0.3 is 17.2 Å². The minimum atomic E-state index is -0.725. The third kappa shape index (κ3) is 4.09. The second-order valence-corrected chi connectivity index (χ2v) is 2.13. The number of guanidine groups is 2. The highest BCUT2D eigenvalue weighted by Crippen LogP contribution is 1.85. The molecule has 0 aliphatic rings. The lowest BCUT2D eigenvalue weighted by molar-refractivity contribution is -0.118. The van der Waals surface area contributed by atoms with E-state index in [2.05, 4.69) is 10.3 Å². The van der Waals surface area contributed by atoms with Gasteiger partial charge in [0.25, 0.3) is 0 Å². The van der Waals surface area contributed by atoms with Crippen LogP contribution in [-0.2, 0) is 4.79 Å². The molecule has 0 saturated carbocycles. The second-order valence-electron chi connectivity index (χ2n) is 2.13. The lowest BCUT2D eigenvalue weighted by Gasteiger charge is -2.04. The van der Waals surface area contributed by atoms with Crippen molar-refractivity contribution >= 4 is 17.8 Å². The van der Waals surface area contributed by atoms with Crippen LogP contribution in [0.5, 0.6) is 0 Å². The van der Waals surface area contributed by atoms with Gasteiger partial charge in [-0.2, -0.15) is 0 Å². The Morgan fingerprint density at radius 1 is 1.50 bits per heavy atom. The van der Waals surface area contributed by atoms with Gasteiger partial charge in [0.1, 0.15) is 6.04 Å². The van der Waals surface area contributed by atoms with Gasteiger partial charge in [0.2, 0.25) is 5.91 Å². The highest BCUT2D eigenvalue weighted by atomic mass is 16.1. The van der Waals surface area contributed by atoms with Crippen molar-refractivity contribution in [1.29, 1.82) is 5.41 Å². The first-order chi connectivity index (χ1) is 5.43. The van der Waals surface area contributed by atoms with Crippen molar-refractivity contribution in [2.45, 2.75) is 13.0 Å². The fraction of sp³-hybridized carbons (Fsp3) is 0.400. The SMILES string of the molecule is CC(N=C(N)NC(=N)N)C(N)=O. The fourth-order valence-electron chi connectivity index (χ4n) is 0.442. The molecule has 0 aromatic heterocycles. The topological polar surface area (TPSA) is 143 Å². The predicted molar refractivity (Wildman–Crippen MR) is 45.3 cm³/mol. The van der Waals surface area contributed by atoms with Crippen LogP contribution in [0.25, 0.3) is 0 Å². The Kier molecular flexibility index (Phi) is 3.54. The number of amides is 1. The van der Waals surface area contributed by atoms with Crippen molar-refractivity contribution in [2.24, 2.45) is 22.2 Å². The Balaban J connectivity index is 4.15. The van der Waals surface area contributed by atoms with Gasteiger partial charge in [0.15, 0.2) is 11.9 Å². The molecule has 0 aliphatic heterocycles. The summed E-state index contributed by atoms with van der Waals surface area (Å²) in [6.45, 7) is 1.48. The number of hydrogen-bond donors (Lipinski definition) is 5. The van der Waals surface area contributed by atoms with E-state index in [9.17, 15) is 4.79 Å². The zero-order chi connectivity index (χ0) is 9.72. The smallest absolute Gasteiger partial charge is 0.242 e. The average Bonchev–Trinajstić information content (AvgIpc) is 1.84. The molecule has 0 aromatic rings. The second kappa shape index (κ2) is 4.16. The summed E-state index contributed by atoms with van der Waals surface area (Å²) < 4.78 is 0. The third-order valence-corrected chi connectivity index (χ3v) is 1.01. The van der Waals surface area contributed by atoms with Crippen LogP contribution < -0.4 is 22.5 Å². The molecule has 7 heteroatoms. The Bertz CT molecular complexity index is 222. The van der Waals surface area contributed by atoms with Gasteiger partial charge in [0, 0.05) is 0 Å². The van der Waals surface area contributed by atoms with Crippen LogP contribution in [0.15, 0.2) is 4.99 Å². The fourth-order valence-corrected chi connectivity index (χ4v) is 0.442. The molecule has 0 radical (unpaired) electrons. The van der Waals surface area contributed by atoms with E-state index in [-0.39, 0.29) is 11.9 Å². The van der Waals surface area contributed by atoms with Crippen LogP contribution in [0.1, 0.15) is 6.92 Å². The predicted octanol–water partition coefficient (Wildman–Crippen LogP) is -2.34. The van der Waals surface area contributed by atoms with Gasteiger partial charge in [-0.25, -0.2) is 4.99 Å². The van der Waals surface area contributed by atoms with Crippen LogP contribution >= 0.6 is 0 Å². The monoisotopic (exact) mass is 172 g/mol. The first-order valence-corrected chi connectivity index (χ1v) is 3.17. The van der Waals surface area contributed by atoms with E-state index in [0.717, 1.165) is 0 Å². The van der Waals surface area contributed by atoms with Gasteiger partial charge in [-0.15, -0.1) is 0 Å². The van der Waals surface area contributed by atoms with Gasteiger partial charge in [0.05, 0.1) is 0 Å². The quantitative estimate of drug-likeness (QED) is 0.235. The van der Waals surface area contributed by atoms with Gasteiger partial charge in [-0.1, -0.05) is 0 Å². The Labute approximate surface area is 69.5 Å². The molecular formula is C5H12N6O. The third-order valence-electron chi connectivity index (χ3n) is 1.01. The van der Waals surface area contributed by atoms with E-state index >= 15 is 0 Å². The molecule has 1 atom stereocenters. The first kappa shape index (κ1) is 10.2. The van der Waals surface area contributed by atoms with Crippen molar-refractivity contribution in [3.8, 4) is 0 Å². The Hall–Kier alpha value is -1.79. The minimum Gasteiger partial charge on any atom is -0.370 e. The summed E-state index contributed by atoms with van der Waals surface area (Å²) in [5.74, 6) is -1.04. The van der Waals surface area contributed by atoms with Gasteiger partial charge >= 0.3 is 0 Å². The standard InChI is InChI=1S/C5H12N6O/c1-2(3(6)12)10-5(9)11-4(7)8/h2H,1H3,(H2,6,12)(H6,7,8,9,10,11). The highest BCUT2D eigenvalue weighted by molar-refractivity contribution is 5.96. The molecule has 68 valence electrons. The maximum atomic E-state index is 10.5. The summed E-state index contributed by atoms with van der Waals surface area (Å²) in [5, 5.41) is 8.98. The molecule has 8 N–H and O–H groups in total. The lowest BCUT2D eigenvalue weighted by Crippen LogP contribution is -2.42. The van der Waals surface area contributed by atoms with Crippen LogP contribution in [0, 0.1) is 5.41 Å². The van der Waals surface area contributed by atoms with Gasteiger partial charge in [-0.05, 0) is 6.92 Å². The maximum absolute atomic E-state index is 10.5. The zero-order valence-corrected chi connectivity index (χ0v) is 6.66. The molecule has 0 spiro atoms. The van der Waals surface area contributed by atoms with Crippen molar-refractivity contribution in [1.82, 2.24) is 5.32 Å². The molecular weight excluding hydrogens is 160 g/mol. The zero-order valence-electron chi connectivity index (χ0n) is 6.66.